The summed E-state index contributed by atoms with van der Waals surface area (Å²) >= 11 is 4.70. The highest BCUT2D eigenvalue weighted by Crippen LogP contribution is 2.29. The van der Waals surface area contributed by atoms with Gasteiger partial charge in [0, 0.05) is 5.56 Å². The minimum absolute atomic E-state index is 0.149. The Morgan fingerprint density at radius 3 is 2.60 bits per heavy atom. The fourth-order valence-corrected chi connectivity index (χ4v) is 4.48. The molecule has 0 saturated carbocycles. The normalized spacial score (nSPS) is 10.8. The summed E-state index contributed by atoms with van der Waals surface area (Å²) in [6, 6.07) is 5.98. The van der Waals surface area contributed by atoms with Crippen molar-refractivity contribution in [2.24, 2.45) is 0 Å². The number of rotatable bonds is 6. The van der Waals surface area contributed by atoms with Crippen molar-refractivity contribution in [3.63, 3.8) is 0 Å². The molecule has 0 atom stereocenters. The van der Waals surface area contributed by atoms with Crippen LogP contribution in [0.25, 0.3) is 0 Å². The van der Waals surface area contributed by atoms with Crippen LogP contribution in [0.3, 0.4) is 0 Å². The van der Waals surface area contributed by atoms with Crippen molar-refractivity contribution >= 4 is 40.6 Å². The number of carbonyl (C=O) groups is 1. The number of benzene rings is 1. The highest BCUT2D eigenvalue weighted by molar-refractivity contribution is 8.03. The lowest BCUT2D eigenvalue weighted by atomic mass is 10.0. The summed E-state index contributed by atoms with van der Waals surface area (Å²) in [5.74, 6) is 1.55. The number of thioether (sulfide) groups is 2. The molecule has 106 valence electrons. The van der Waals surface area contributed by atoms with Crippen LogP contribution in [0.4, 0.5) is 0 Å². The molecule has 0 aliphatic carbocycles. The van der Waals surface area contributed by atoms with E-state index in [0.29, 0.717) is 5.75 Å². The molecular weight excluding hydrogens is 308 g/mol. The number of hydrogen-bond acceptors (Lipinski definition) is 6. The maximum atomic E-state index is 12.3. The van der Waals surface area contributed by atoms with Crippen LogP contribution in [0.2, 0.25) is 0 Å². The van der Waals surface area contributed by atoms with Gasteiger partial charge in [0.1, 0.15) is 0 Å². The van der Waals surface area contributed by atoms with Crippen LogP contribution in [0, 0.1) is 13.8 Å². The highest BCUT2D eigenvalue weighted by Gasteiger charge is 2.12. The molecule has 1 heterocycles. The van der Waals surface area contributed by atoms with Gasteiger partial charge in [-0.15, -0.1) is 10.2 Å². The largest absolute Gasteiger partial charge is 0.293 e. The molecule has 3 nitrogen and oxygen atoms in total. The Hall–Kier alpha value is -0.850. The number of aryl methyl sites for hydroxylation is 2. The molecule has 0 saturated heterocycles. The standard InChI is InChI=1S/C14H16N2OS3/c1-4-18-13-15-16-14(20-13)19-8-12(17)11-7-9(2)5-6-10(11)3/h5-7H,4,8H2,1-3H3. The summed E-state index contributed by atoms with van der Waals surface area (Å²) in [7, 11) is 0. The quantitative estimate of drug-likeness (QED) is 0.587. The minimum atomic E-state index is 0.149. The van der Waals surface area contributed by atoms with E-state index in [1.54, 1.807) is 23.1 Å². The predicted octanol–water partition coefficient (Wildman–Crippen LogP) is 4.24. The molecule has 0 radical (unpaired) electrons. The Morgan fingerprint density at radius 2 is 1.90 bits per heavy atom. The van der Waals surface area contributed by atoms with E-state index in [1.807, 2.05) is 32.0 Å². The van der Waals surface area contributed by atoms with Gasteiger partial charge in [-0.05, 0) is 31.2 Å². The second-order valence-corrected chi connectivity index (χ2v) is 8.01. The molecule has 20 heavy (non-hydrogen) atoms. The average molecular weight is 324 g/mol. The zero-order chi connectivity index (χ0) is 14.5. The molecule has 0 spiro atoms. The van der Waals surface area contributed by atoms with Gasteiger partial charge in [0.05, 0.1) is 5.75 Å². The molecular formula is C14H16N2OS3. The van der Waals surface area contributed by atoms with Crippen molar-refractivity contribution < 1.29 is 4.79 Å². The molecule has 2 aromatic rings. The van der Waals surface area contributed by atoms with Crippen LogP contribution < -0.4 is 0 Å². The Balaban J connectivity index is 1.99. The maximum absolute atomic E-state index is 12.3. The van der Waals surface area contributed by atoms with Crippen molar-refractivity contribution in [3.8, 4) is 0 Å². The fraction of sp³-hybridized carbons (Fsp3) is 0.357. The monoisotopic (exact) mass is 324 g/mol. The molecule has 2 rings (SSSR count). The van der Waals surface area contributed by atoms with Crippen LogP contribution in [0.5, 0.6) is 0 Å². The van der Waals surface area contributed by atoms with Crippen molar-refractivity contribution in [3.05, 3.63) is 34.9 Å². The average Bonchev–Trinajstić information content (AvgIpc) is 2.87. The van der Waals surface area contributed by atoms with E-state index in [2.05, 4.69) is 17.1 Å². The third-order valence-corrected chi connectivity index (χ3v) is 5.75. The van der Waals surface area contributed by atoms with E-state index in [4.69, 9.17) is 0 Å². The summed E-state index contributed by atoms with van der Waals surface area (Å²) < 4.78 is 1.83. The van der Waals surface area contributed by atoms with Crippen LogP contribution in [0.15, 0.2) is 26.9 Å². The lowest BCUT2D eigenvalue weighted by Crippen LogP contribution is -2.05. The number of nitrogens with zero attached hydrogens (tertiary/aromatic N) is 2. The number of Topliss-reactive ketones (excluding diaryl/α,β-unsaturated/α-hetero) is 1. The molecule has 1 aromatic carbocycles. The number of ketones is 1. The van der Waals surface area contributed by atoms with E-state index in [-0.39, 0.29) is 5.78 Å². The van der Waals surface area contributed by atoms with Gasteiger partial charge in [0.15, 0.2) is 14.5 Å². The van der Waals surface area contributed by atoms with Gasteiger partial charge in [-0.1, -0.05) is 59.5 Å². The van der Waals surface area contributed by atoms with Gasteiger partial charge in [-0.3, -0.25) is 4.79 Å². The second-order valence-electron chi connectivity index (χ2n) is 4.30. The van der Waals surface area contributed by atoms with Gasteiger partial charge in [-0.2, -0.15) is 0 Å². The predicted molar refractivity (Wildman–Crippen MR) is 87.3 cm³/mol. The molecule has 0 aliphatic rings. The van der Waals surface area contributed by atoms with E-state index < -0.39 is 0 Å². The van der Waals surface area contributed by atoms with Gasteiger partial charge in [-0.25, -0.2) is 0 Å². The van der Waals surface area contributed by atoms with E-state index >= 15 is 0 Å². The molecule has 0 amide bonds. The first-order valence-electron chi connectivity index (χ1n) is 6.29. The van der Waals surface area contributed by atoms with Gasteiger partial charge in [0.25, 0.3) is 0 Å². The molecule has 0 aliphatic heterocycles. The molecule has 1 aromatic heterocycles. The van der Waals surface area contributed by atoms with Crippen LogP contribution in [-0.4, -0.2) is 27.5 Å². The van der Waals surface area contributed by atoms with E-state index in [1.165, 1.54) is 11.8 Å². The molecule has 0 unspecified atom stereocenters. The van der Waals surface area contributed by atoms with Gasteiger partial charge < -0.3 is 0 Å². The first-order valence-corrected chi connectivity index (χ1v) is 9.08. The van der Waals surface area contributed by atoms with Crippen molar-refractivity contribution in [1.29, 1.82) is 0 Å². The molecule has 0 fully saturated rings. The topological polar surface area (TPSA) is 42.9 Å². The summed E-state index contributed by atoms with van der Waals surface area (Å²) in [6.07, 6.45) is 0. The Kier molecular flexibility index (Phi) is 5.63. The lowest BCUT2D eigenvalue weighted by molar-refractivity contribution is 0.102. The van der Waals surface area contributed by atoms with Crippen LogP contribution >= 0.6 is 34.9 Å². The summed E-state index contributed by atoms with van der Waals surface area (Å²) in [5.41, 5.74) is 2.95. The van der Waals surface area contributed by atoms with E-state index in [0.717, 1.165) is 31.1 Å². The number of aromatic nitrogens is 2. The summed E-state index contributed by atoms with van der Waals surface area (Å²) in [4.78, 5) is 12.3. The van der Waals surface area contributed by atoms with Crippen LogP contribution in [0.1, 0.15) is 28.4 Å². The summed E-state index contributed by atoms with van der Waals surface area (Å²) in [5, 5.41) is 8.19. The first kappa shape index (κ1) is 15.5. The Labute approximate surface area is 131 Å². The van der Waals surface area contributed by atoms with Crippen molar-refractivity contribution in [2.45, 2.75) is 29.5 Å². The maximum Gasteiger partial charge on any atom is 0.175 e. The zero-order valence-corrected chi connectivity index (χ0v) is 14.1. The van der Waals surface area contributed by atoms with Crippen molar-refractivity contribution in [1.82, 2.24) is 10.2 Å². The Bertz CT molecular complexity index is 610. The van der Waals surface area contributed by atoms with Gasteiger partial charge in [0.2, 0.25) is 0 Å². The molecule has 6 heteroatoms. The van der Waals surface area contributed by atoms with Crippen molar-refractivity contribution in [2.75, 3.05) is 11.5 Å². The Morgan fingerprint density at radius 1 is 1.20 bits per heavy atom. The third kappa shape index (κ3) is 4.07. The van der Waals surface area contributed by atoms with Gasteiger partial charge >= 0.3 is 0 Å². The molecule has 0 N–H and O–H groups in total. The third-order valence-electron chi connectivity index (χ3n) is 2.68. The lowest BCUT2D eigenvalue weighted by Gasteiger charge is -2.05. The SMILES string of the molecule is CCSc1nnc(SCC(=O)c2cc(C)ccc2C)s1. The molecule has 0 bridgehead atoms. The number of carbonyl (C=O) groups excluding carboxylic acids is 1. The summed E-state index contributed by atoms with van der Waals surface area (Å²) in [6.45, 7) is 6.06. The zero-order valence-electron chi connectivity index (χ0n) is 11.7. The smallest absolute Gasteiger partial charge is 0.175 e. The van der Waals surface area contributed by atoms with Crippen LogP contribution in [-0.2, 0) is 0 Å². The fourth-order valence-electron chi connectivity index (χ4n) is 1.68. The second kappa shape index (κ2) is 7.24. The first-order chi connectivity index (χ1) is 9.60. The highest BCUT2D eigenvalue weighted by atomic mass is 32.2. The van der Waals surface area contributed by atoms with E-state index in [9.17, 15) is 4.79 Å². The minimum Gasteiger partial charge on any atom is -0.293 e. The number of hydrogen-bond donors (Lipinski definition) is 0.